The summed E-state index contributed by atoms with van der Waals surface area (Å²) in [5.41, 5.74) is 4.67. The number of esters is 1. The summed E-state index contributed by atoms with van der Waals surface area (Å²) in [6, 6.07) is 18.0. The molecule has 0 unspecified atom stereocenters. The lowest BCUT2D eigenvalue weighted by atomic mass is 10.2. The van der Waals surface area contributed by atoms with Crippen molar-refractivity contribution in [1.82, 2.24) is 4.57 Å². The molecule has 2 heterocycles. The second-order valence-electron chi connectivity index (χ2n) is 7.05. The molecule has 31 heavy (non-hydrogen) atoms. The fourth-order valence-electron chi connectivity index (χ4n) is 3.60. The largest absolute Gasteiger partial charge is 0.465 e. The van der Waals surface area contributed by atoms with Gasteiger partial charge in [0, 0.05) is 17.1 Å². The first kappa shape index (κ1) is 20.7. The van der Waals surface area contributed by atoms with Gasteiger partial charge in [0.2, 0.25) is 0 Å². The van der Waals surface area contributed by atoms with Crippen LogP contribution in [0.5, 0.6) is 0 Å². The van der Waals surface area contributed by atoms with Gasteiger partial charge in [-0.2, -0.15) is 0 Å². The van der Waals surface area contributed by atoms with E-state index in [-0.39, 0.29) is 17.1 Å². The van der Waals surface area contributed by atoms with Crippen LogP contribution in [0.25, 0.3) is 11.8 Å². The van der Waals surface area contributed by atoms with Crippen molar-refractivity contribution in [3.8, 4) is 5.69 Å². The summed E-state index contributed by atoms with van der Waals surface area (Å²) in [6.07, 6.45) is 1.76. The zero-order valence-corrected chi connectivity index (χ0v) is 18.1. The van der Waals surface area contributed by atoms with E-state index in [1.165, 1.54) is 12.0 Å². The number of carbonyl (C=O) groups excluding carboxylic acids is 3. The molecule has 1 aromatic heterocycles. The van der Waals surface area contributed by atoms with Gasteiger partial charge in [-0.3, -0.25) is 9.59 Å². The molecule has 0 aliphatic carbocycles. The van der Waals surface area contributed by atoms with Crippen LogP contribution in [0, 0.1) is 13.8 Å². The van der Waals surface area contributed by atoms with Gasteiger partial charge in [0.05, 0.1) is 23.3 Å². The number of thioether (sulfide) groups is 1. The third kappa shape index (κ3) is 3.80. The summed E-state index contributed by atoms with van der Waals surface area (Å²) in [4.78, 5) is 38.6. The smallest absolute Gasteiger partial charge is 0.337 e. The predicted molar refractivity (Wildman–Crippen MR) is 121 cm³/mol. The van der Waals surface area contributed by atoms with Crippen molar-refractivity contribution in [3.63, 3.8) is 0 Å². The van der Waals surface area contributed by atoms with Crippen LogP contribution in [-0.2, 0) is 9.53 Å². The molecule has 2 amide bonds. The summed E-state index contributed by atoms with van der Waals surface area (Å²) in [5.74, 6) is -0.712. The third-order valence-corrected chi connectivity index (χ3v) is 5.98. The number of nitrogens with zero attached hydrogens (tertiary/aromatic N) is 2. The second kappa shape index (κ2) is 8.28. The number of benzene rings is 2. The van der Waals surface area contributed by atoms with Crippen molar-refractivity contribution in [2.45, 2.75) is 13.8 Å². The number of hydrogen-bond donors (Lipinski definition) is 0. The summed E-state index contributed by atoms with van der Waals surface area (Å²) in [5, 5.41) is -0.311. The monoisotopic (exact) mass is 432 g/mol. The molecule has 156 valence electrons. The number of hydrogen-bond acceptors (Lipinski definition) is 5. The molecule has 0 saturated carbocycles. The fraction of sp³-hybridized carbons (Fsp3) is 0.125. The number of ether oxygens (including phenoxy) is 1. The van der Waals surface area contributed by atoms with Gasteiger partial charge in [0.15, 0.2) is 0 Å². The molecule has 0 N–H and O–H groups in total. The maximum Gasteiger partial charge on any atom is 0.337 e. The molecule has 0 spiro atoms. The van der Waals surface area contributed by atoms with Crippen LogP contribution in [0.15, 0.2) is 65.6 Å². The molecule has 1 aliphatic rings. The van der Waals surface area contributed by atoms with E-state index >= 15 is 0 Å². The first-order chi connectivity index (χ1) is 14.9. The van der Waals surface area contributed by atoms with Crippen molar-refractivity contribution in [1.29, 1.82) is 0 Å². The minimum Gasteiger partial charge on any atom is -0.465 e. The van der Waals surface area contributed by atoms with Crippen molar-refractivity contribution >= 4 is 40.6 Å². The van der Waals surface area contributed by atoms with E-state index in [1.54, 1.807) is 42.5 Å². The van der Waals surface area contributed by atoms with Gasteiger partial charge < -0.3 is 9.30 Å². The number of anilines is 1. The molecule has 1 saturated heterocycles. The normalized spacial score (nSPS) is 15.1. The Balaban J connectivity index is 1.66. The van der Waals surface area contributed by atoms with E-state index in [9.17, 15) is 14.4 Å². The van der Waals surface area contributed by atoms with Crippen molar-refractivity contribution < 1.29 is 19.1 Å². The van der Waals surface area contributed by atoms with Crippen LogP contribution < -0.4 is 4.90 Å². The highest BCUT2D eigenvalue weighted by molar-refractivity contribution is 8.19. The Hall–Kier alpha value is -3.58. The minimum atomic E-state index is -0.387. The zero-order valence-electron chi connectivity index (χ0n) is 17.3. The lowest BCUT2D eigenvalue weighted by Gasteiger charge is -2.11. The number of para-hydroxylation sites is 1. The quantitative estimate of drug-likeness (QED) is 0.423. The molecule has 1 aliphatic heterocycles. The van der Waals surface area contributed by atoms with E-state index in [0.717, 1.165) is 34.4 Å². The predicted octanol–water partition coefficient (Wildman–Crippen LogP) is 5.12. The SMILES string of the molecule is COC(=O)c1ccc(-n2c(C)cc(/C=C3/SC(=O)N(c4ccccc4)C3=O)c2C)cc1. The Morgan fingerprint density at radius 2 is 1.65 bits per heavy atom. The van der Waals surface area contributed by atoms with Gasteiger partial charge in [-0.1, -0.05) is 18.2 Å². The summed E-state index contributed by atoms with van der Waals surface area (Å²) < 4.78 is 6.78. The highest BCUT2D eigenvalue weighted by Gasteiger charge is 2.36. The molecular formula is C24H20N2O4S. The van der Waals surface area contributed by atoms with Crippen LogP contribution in [0.1, 0.15) is 27.3 Å². The molecule has 2 aromatic carbocycles. The summed E-state index contributed by atoms with van der Waals surface area (Å²) >= 11 is 0.937. The molecular weight excluding hydrogens is 412 g/mol. The first-order valence-corrected chi connectivity index (χ1v) is 10.4. The van der Waals surface area contributed by atoms with E-state index in [4.69, 9.17) is 4.74 Å². The van der Waals surface area contributed by atoms with Crippen LogP contribution in [-0.4, -0.2) is 28.8 Å². The van der Waals surface area contributed by atoms with Gasteiger partial charge in [-0.15, -0.1) is 0 Å². The molecule has 0 radical (unpaired) electrons. The lowest BCUT2D eigenvalue weighted by Crippen LogP contribution is -2.27. The van der Waals surface area contributed by atoms with Crippen molar-refractivity contribution in [3.05, 3.63) is 88.1 Å². The Morgan fingerprint density at radius 3 is 2.29 bits per heavy atom. The van der Waals surface area contributed by atoms with Gasteiger partial charge in [-0.05, 0) is 79.7 Å². The number of imide groups is 1. The number of rotatable bonds is 4. The van der Waals surface area contributed by atoms with E-state index < -0.39 is 0 Å². The molecule has 4 rings (SSSR count). The standard InChI is InChI=1S/C24H20N2O4S/c1-15-13-18(16(2)25(15)20-11-9-17(10-12-20)23(28)30-3)14-21-22(27)26(24(29)31-21)19-7-5-4-6-8-19/h4-14H,1-3H3/b21-14+. The number of aryl methyl sites for hydroxylation is 1. The average molecular weight is 433 g/mol. The molecule has 7 heteroatoms. The van der Waals surface area contributed by atoms with Gasteiger partial charge in [0.1, 0.15) is 0 Å². The second-order valence-corrected chi connectivity index (χ2v) is 8.05. The third-order valence-electron chi connectivity index (χ3n) is 5.11. The summed E-state index contributed by atoms with van der Waals surface area (Å²) in [6.45, 7) is 3.92. The number of methoxy groups -OCH3 is 1. The van der Waals surface area contributed by atoms with Gasteiger partial charge in [0.25, 0.3) is 11.1 Å². The number of carbonyl (C=O) groups is 3. The molecule has 0 atom stereocenters. The van der Waals surface area contributed by atoms with Crippen molar-refractivity contribution in [2.24, 2.45) is 0 Å². The first-order valence-electron chi connectivity index (χ1n) is 9.61. The van der Waals surface area contributed by atoms with Crippen LogP contribution in [0.2, 0.25) is 0 Å². The highest BCUT2D eigenvalue weighted by atomic mass is 32.2. The van der Waals surface area contributed by atoms with Gasteiger partial charge >= 0.3 is 5.97 Å². The topological polar surface area (TPSA) is 68.6 Å². The number of aromatic nitrogens is 1. The molecule has 1 fully saturated rings. The van der Waals surface area contributed by atoms with E-state index in [2.05, 4.69) is 0 Å². The number of amides is 2. The maximum atomic E-state index is 12.9. The maximum absolute atomic E-state index is 12.9. The van der Waals surface area contributed by atoms with Crippen molar-refractivity contribution in [2.75, 3.05) is 12.0 Å². The zero-order chi connectivity index (χ0) is 22.1. The Kier molecular flexibility index (Phi) is 5.52. The highest BCUT2D eigenvalue weighted by Crippen LogP contribution is 2.36. The van der Waals surface area contributed by atoms with Gasteiger partial charge in [-0.25, -0.2) is 9.69 Å². The van der Waals surface area contributed by atoms with Crippen LogP contribution in [0.4, 0.5) is 10.5 Å². The molecule has 0 bridgehead atoms. The van der Waals surface area contributed by atoms with E-state index in [1.807, 2.05) is 42.7 Å². The fourth-order valence-corrected chi connectivity index (χ4v) is 4.44. The average Bonchev–Trinajstić information content (AvgIpc) is 3.22. The lowest BCUT2D eigenvalue weighted by molar-refractivity contribution is -0.113. The Labute approximate surface area is 184 Å². The Morgan fingerprint density at radius 1 is 0.968 bits per heavy atom. The minimum absolute atomic E-state index is 0.311. The van der Waals surface area contributed by atoms with E-state index in [0.29, 0.717) is 16.2 Å². The Bertz CT molecular complexity index is 1210. The molecule has 6 nitrogen and oxygen atoms in total. The molecule has 3 aromatic rings. The van der Waals surface area contributed by atoms with Crippen LogP contribution in [0.3, 0.4) is 0 Å². The summed E-state index contributed by atoms with van der Waals surface area (Å²) in [7, 11) is 1.35. The van der Waals surface area contributed by atoms with Crippen LogP contribution >= 0.6 is 11.8 Å².